The monoisotopic (exact) mass is 421 g/mol. The van der Waals surface area contributed by atoms with Gasteiger partial charge in [0.15, 0.2) is 0 Å². The molecule has 0 N–H and O–H groups in total. The van der Waals surface area contributed by atoms with Crippen molar-refractivity contribution in [2.75, 3.05) is 6.61 Å². The Morgan fingerprint density at radius 1 is 0.774 bits per heavy atom. The first-order valence-corrected chi connectivity index (χ1v) is 13.0. The molecule has 1 heterocycles. The molecule has 1 aliphatic rings. The topological polar surface area (TPSA) is 22.1 Å². The molecule has 2 heteroatoms. The number of rotatable bonds is 13. The van der Waals surface area contributed by atoms with Crippen LogP contribution in [0.15, 0.2) is 42.6 Å². The molecule has 0 spiro atoms. The SMILES string of the molecule is CCCCCC[C@H]1CC[C@H](COc2ccc(-c3ccc(CCCCC)cn3)cc2)CC1. The Hall–Kier alpha value is -1.83. The van der Waals surface area contributed by atoms with E-state index >= 15 is 0 Å². The maximum atomic E-state index is 6.14. The first kappa shape index (κ1) is 23.8. The maximum absolute atomic E-state index is 6.14. The number of hydrogen-bond acceptors (Lipinski definition) is 2. The minimum Gasteiger partial charge on any atom is -0.493 e. The molecule has 1 aromatic carbocycles. The summed E-state index contributed by atoms with van der Waals surface area (Å²) >= 11 is 0. The number of unbranched alkanes of at least 4 members (excludes halogenated alkanes) is 5. The molecular formula is C29H43NO. The second-order valence-electron chi connectivity index (χ2n) is 9.58. The molecule has 0 unspecified atom stereocenters. The smallest absolute Gasteiger partial charge is 0.119 e. The lowest BCUT2D eigenvalue weighted by atomic mass is 9.80. The van der Waals surface area contributed by atoms with Gasteiger partial charge in [0.1, 0.15) is 5.75 Å². The summed E-state index contributed by atoms with van der Waals surface area (Å²) in [6.07, 6.45) is 19.5. The Bertz CT molecular complexity index is 713. The second kappa shape index (κ2) is 13.6. The van der Waals surface area contributed by atoms with Gasteiger partial charge in [-0.3, -0.25) is 4.98 Å². The zero-order chi connectivity index (χ0) is 21.7. The third-order valence-corrected chi connectivity index (χ3v) is 6.96. The molecule has 2 aromatic rings. The van der Waals surface area contributed by atoms with E-state index in [0.29, 0.717) is 0 Å². The molecule has 31 heavy (non-hydrogen) atoms. The fourth-order valence-corrected chi connectivity index (χ4v) is 4.80. The summed E-state index contributed by atoms with van der Waals surface area (Å²) < 4.78 is 6.14. The summed E-state index contributed by atoms with van der Waals surface area (Å²) in [5, 5.41) is 0. The standard InChI is InChI=1S/C29H43NO/c1-3-5-7-9-10-24-12-14-26(15-13-24)23-31-28-19-17-27(18-20-28)29-21-16-25(22-30-29)11-8-6-4-2/h16-22,24,26H,3-15,23H2,1-2H3/t24-,26-. The van der Waals surface area contributed by atoms with Crippen molar-refractivity contribution in [2.45, 2.75) is 97.3 Å². The van der Waals surface area contributed by atoms with Gasteiger partial charge in [-0.1, -0.05) is 77.7 Å². The van der Waals surface area contributed by atoms with Gasteiger partial charge in [-0.15, -0.1) is 0 Å². The Morgan fingerprint density at radius 2 is 1.48 bits per heavy atom. The minimum atomic E-state index is 0.730. The average molecular weight is 422 g/mol. The second-order valence-corrected chi connectivity index (χ2v) is 9.58. The molecular weight excluding hydrogens is 378 g/mol. The summed E-state index contributed by atoms with van der Waals surface area (Å²) in [6.45, 7) is 5.41. The highest BCUT2D eigenvalue weighted by molar-refractivity contribution is 5.60. The lowest BCUT2D eigenvalue weighted by molar-refractivity contribution is 0.177. The van der Waals surface area contributed by atoms with Crippen molar-refractivity contribution in [1.29, 1.82) is 0 Å². The van der Waals surface area contributed by atoms with Gasteiger partial charge in [-0.25, -0.2) is 0 Å². The molecule has 0 aliphatic heterocycles. The average Bonchev–Trinajstić information content (AvgIpc) is 2.82. The van der Waals surface area contributed by atoms with Crippen LogP contribution in [0.25, 0.3) is 11.3 Å². The number of pyridine rings is 1. The van der Waals surface area contributed by atoms with Gasteiger partial charge in [-0.05, 0) is 73.4 Å². The molecule has 1 saturated carbocycles. The highest BCUT2D eigenvalue weighted by Crippen LogP contribution is 2.32. The molecule has 0 radical (unpaired) electrons. The molecule has 0 saturated heterocycles. The van der Waals surface area contributed by atoms with Gasteiger partial charge in [-0.2, -0.15) is 0 Å². The zero-order valence-electron chi connectivity index (χ0n) is 20.0. The van der Waals surface area contributed by atoms with Crippen LogP contribution in [-0.4, -0.2) is 11.6 Å². The largest absolute Gasteiger partial charge is 0.493 e. The van der Waals surface area contributed by atoms with E-state index in [-0.39, 0.29) is 0 Å². The normalized spacial score (nSPS) is 18.8. The minimum absolute atomic E-state index is 0.730. The van der Waals surface area contributed by atoms with E-state index < -0.39 is 0 Å². The van der Waals surface area contributed by atoms with Crippen LogP contribution in [0.3, 0.4) is 0 Å². The van der Waals surface area contributed by atoms with Crippen molar-refractivity contribution < 1.29 is 4.74 Å². The van der Waals surface area contributed by atoms with Crippen LogP contribution < -0.4 is 4.74 Å². The van der Waals surface area contributed by atoms with E-state index in [1.165, 1.54) is 82.6 Å². The molecule has 3 rings (SSSR count). The fraction of sp³-hybridized carbons (Fsp3) is 0.621. The first-order valence-electron chi connectivity index (χ1n) is 13.0. The summed E-state index contributed by atoms with van der Waals surface area (Å²) in [5.74, 6) is 2.69. The molecule has 1 aromatic heterocycles. The van der Waals surface area contributed by atoms with E-state index in [4.69, 9.17) is 4.74 Å². The van der Waals surface area contributed by atoms with Crippen molar-refractivity contribution in [3.63, 3.8) is 0 Å². The highest BCUT2D eigenvalue weighted by Gasteiger charge is 2.21. The third-order valence-electron chi connectivity index (χ3n) is 6.96. The van der Waals surface area contributed by atoms with Crippen LogP contribution in [-0.2, 0) is 6.42 Å². The van der Waals surface area contributed by atoms with Crippen molar-refractivity contribution in [1.82, 2.24) is 4.98 Å². The Morgan fingerprint density at radius 3 is 2.16 bits per heavy atom. The quantitative estimate of drug-likeness (QED) is 0.302. The molecule has 2 nitrogen and oxygen atoms in total. The predicted molar refractivity (Wildman–Crippen MR) is 133 cm³/mol. The molecule has 1 fully saturated rings. The highest BCUT2D eigenvalue weighted by atomic mass is 16.5. The lowest BCUT2D eigenvalue weighted by Crippen LogP contribution is -2.20. The molecule has 170 valence electrons. The van der Waals surface area contributed by atoms with Crippen molar-refractivity contribution in [3.8, 4) is 17.0 Å². The lowest BCUT2D eigenvalue weighted by Gasteiger charge is -2.28. The number of hydrogen-bond donors (Lipinski definition) is 0. The molecule has 1 aliphatic carbocycles. The predicted octanol–water partition coefficient (Wildman–Crippen LogP) is 8.64. The summed E-state index contributed by atoms with van der Waals surface area (Å²) in [5.41, 5.74) is 3.55. The summed E-state index contributed by atoms with van der Waals surface area (Å²) in [7, 11) is 0. The van der Waals surface area contributed by atoms with Gasteiger partial charge >= 0.3 is 0 Å². The number of aryl methyl sites for hydroxylation is 1. The van der Waals surface area contributed by atoms with Gasteiger partial charge in [0, 0.05) is 11.8 Å². The van der Waals surface area contributed by atoms with E-state index in [2.05, 4.69) is 55.2 Å². The van der Waals surface area contributed by atoms with Crippen LogP contribution in [0.1, 0.15) is 96.5 Å². The number of ether oxygens (including phenoxy) is 1. The summed E-state index contributed by atoms with van der Waals surface area (Å²) in [4.78, 5) is 4.67. The fourth-order valence-electron chi connectivity index (χ4n) is 4.80. The van der Waals surface area contributed by atoms with Crippen LogP contribution >= 0.6 is 0 Å². The number of benzene rings is 1. The molecule has 0 atom stereocenters. The van der Waals surface area contributed by atoms with Crippen LogP contribution in [0.5, 0.6) is 5.75 Å². The van der Waals surface area contributed by atoms with Crippen LogP contribution in [0.2, 0.25) is 0 Å². The number of aromatic nitrogens is 1. The van der Waals surface area contributed by atoms with Gasteiger partial charge in [0.05, 0.1) is 12.3 Å². The van der Waals surface area contributed by atoms with Crippen LogP contribution in [0.4, 0.5) is 0 Å². The Kier molecular flexibility index (Phi) is 10.4. The first-order chi connectivity index (χ1) is 15.3. The molecule has 0 bridgehead atoms. The zero-order valence-corrected chi connectivity index (χ0v) is 20.0. The van der Waals surface area contributed by atoms with E-state index in [1.54, 1.807) is 0 Å². The Labute approximate surface area is 190 Å². The van der Waals surface area contributed by atoms with E-state index in [9.17, 15) is 0 Å². The van der Waals surface area contributed by atoms with Gasteiger partial charge in [0.2, 0.25) is 0 Å². The van der Waals surface area contributed by atoms with Crippen molar-refractivity contribution >= 4 is 0 Å². The van der Waals surface area contributed by atoms with E-state index in [0.717, 1.165) is 41.9 Å². The van der Waals surface area contributed by atoms with Gasteiger partial charge in [0.25, 0.3) is 0 Å². The number of nitrogens with zero attached hydrogens (tertiary/aromatic N) is 1. The third kappa shape index (κ3) is 8.31. The van der Waals surface area contributed by atoms with E-state index in [1.807, 2.05) is 6.20 Å². The van der Waals surface area contributed by atoms with Crippen LogP contribution in [0, 0.1) is 11.8 Å². The van der Waals surface area contributed by atoms with Crippen molar-refractivity contribution in [2.24, 2.45) is 11.8 Å². The summed E-state index contributed by atoms with van der Waals surface area (Å²) in [6, 6.07) is 12.9. The van der Waals surface area contributed by atoms with Crippen molar-refractivity contribution in [3.05, 3.63) is 48.2 Å². The maximum Gasteiger partial charge on any atom is 0.119 e. The molecule has 0 amide bonds. The Balaban J connectivity index is 1.38. The van der Waals surface area contributed by atoms with Gasteiger partial charge < -0.3 is 4.74 Å².